The highest BCUT2D eigenvalue weighted by atomic mass is 32.2. The highest BCUT2D eigenvalue weighted by Crippen LogP contribution is 2.37. The van der Waals surface area contributed by atoms with Gasteiger partial charge in [0.2, 0.25) is 5.89 Å². The molecule has 1 N–H and O–H groups in total. The summed E-state index contributed by atoms with van der Waals surface area (Å²) in [6.45, 7) is 2.93. The van der Waals surface area contributed by atoms with Crippen LogP contribution in [-0.4, -0.2) is 30.7 Å². The first kappa shape index (κ1) is 19.8. The SMILES string of the molecule is CC(C)(C(=O)O)c1nc(-c2ccc(F)cc2)c(-c2ccc(S(C)(=O)=O)cc2)o1. The summed E-state index contributed by atoms with van der Waals surface area (Å²) in [5.74, 6) is -1.27. The van der Waals surface area contributed by atoms with Gasteiger partial charge >= 0.3 is 5.97 Å². The number of rotatable bonds is 5. The average molecular weight is 403 g/mol. The Hall–Kier alpha value is -3.00. The monoisotopic (exact) mass is 403 g/mol. The number of oxazole rings is 1. The predicted molar refractivity (Wildman–Crippen MR) is 101 cm³/mol. The lowest BCUT2D eigenvalue weighted by molar-refractivity contribution is -0.143. The number of benzene rings is 2. The zero-order valence-electron chi connectivity index (χ0n) is 15.4. The molecule has 6 nitrogen and oxygen atoms in total. The molecule has 0 spiro atoms. The summed E-state index contributed by atoms with van der Waals surface area (Å²) in [5.41, 5.74) is 0.0163. The fraction of sp³-hybridized carbons (Fsp3) is 0.200. The smallest absolute Gasteiger partial charge is 0.318 e. The van der Waals surface area contributed by atoms with Gasteiger partial charge in [0.05, 0.1) is 4.90 Å². The van der Waals surface area contributed by atoms with Crippen LogP contribution in [0.4, 0.5) is 4.39 Å². The predicted octanol–water partition coefficient (Wildman–Crippen LogP) is 3.91. The van der Waals surface area contributed by atoms with Gasteiger partial charge in [0.1, 0.15) is 16.9 Å². The molecule has 0 saturated carbocycles. The standard InChI is InChI=1S/C20H18FNO5S/c1-20(2,19(23)24)18-22-16(12-4-8-14(21)9-5-12)17(27-18)13-6-10-15(11-7-13)28(3,25)26/h4-11H,1-3H3,(H,23,24). The molecule has 0 bridgehead atoms. The molecule has 0 saturated heterocycles. The lowest BCUT2D eigenvalue weighted by Crippen LogP contribution is -2.28. The number of carboxylic acid groups (broad SMARTS) is 1. The molecule has 0 radical (unpaired) electrons. The minimum Gasteiger partial charge on any atom is -0.480 e. The Labute approximate surface area is 161 Å². The van der Waals surface area contributed by atoms with E-state index in [-0.39, 0.29) is 16.5 Å². The van der Waals surface area contributed by atoms with E-state index in [2.05, 4.69) is 4.98 Å². The fourth-order valence-electron chi connectivity index (χ4n) is 2.53. The van der Waals surface area contributed by atoms with E-state index in [0.29, 0.717) is 16.8 Å². The lowest BCUT2D eigenvalue weighted by atomic mass is 9.94. The minimum absolute atomic E-state index is 0.0125. The second-order valence-corrected chi connectivity index (χ2v) is 8.95. The van der Waals surface area contributed by atoms with Gasteiger partial charge in [-0.3, -0.25) is 4.79 Å². The number of hydrogen-bond donors (Lipinski definition) is 1. The van der Waals surface area contributed by atoms with Crippen LogP contribution in [0.1, 0.15) is 19.7 Å². The number of aromatic nitrogens is 1. The van der Waals surface area contributed by atoms with E-state index >= 15 is 0 Å². The van der Waals surface area contributed by atoms with Crippen LogP contribution >= 0.6 is 0 Å². The number of carbonyl (C=O) groups is 1. The first-order chi connectivity index (χ1) is 13.0. The van der Waals surface area contributed by atoms with Gasteiger partial charge in [-0.1, -0.05) is 0 Å². The van der Waals surface area contributed by atoms with Crippen molar-refractivity contribution >= 4 is 15.8 Å². The third kappa shape index (κ3) is 3.68. The molecule has 146 valence electrons. The maximum Gasteiger partial charge on any atom is 0.318 e. The van der Waals surface area contributed by atoms with Gasteiger partial charge in [-0.2, -0.15) is 0 Å². The van der Waals surface area contributed by atoms with E-state index in [1.54, 1.807) is 12.1 Å². The Morgan fingerprint density at radius 2 is 1.57 bits per heavy atom. The first-order valence-electron chi connectivity index (χ1n) is 8.31. The number of carboxylic acids is 1. The first-order valence-corrected chi connectivity index (χ1v) is 10.2. The van der Waals surface area contributed by atoms with Gasteiger partial charge in [-0.25, -0.2) is 17.8 Å². The molecule has 0 atom stereocenters. The van der Waals surface area contributed by atoms with E-state index < -0.39 is 27.0 Å². The Morgan fingerprint density at radius 1 is 1.04 bits per heavy atom. The van der Waals surface area contributed by atoms with Gasteiger partial charge in [0, 0.05) is 17.4 Å². The van der Waals surface area contributed by atoms with Crippen LogP contribution in [0.25, 0.3) is 22.6 Å². The molecule has 0 aliphatic heterocycles. The lowest BCUT2D eigenvalue weighted by Gasteiger charge is -2.13. The van der Waals surface area contributed by atoms with E-state index in [1.165, 1.54) is 50.2 Å². The van der Waals surface area contributed by atoms with Crippen LogP contribution < -0.4 is 0 Å². The summed E-state index contributed by atoms with van der Waals surface area (Å²) >= 11 is 0. The fourth-order valence-corrected chi connectivity index (χ4v) is 3.16. The summed E-state index contributed by atoms with van der Waals surface area (Å²) in [7, 11) is -3.36. The van der Waals surface area contributed by atoms with Crippen molar-refractivity contribution in [1.82, 2.24) is 4.98 Å². The number of hydrogen-bond acceptors (Lipinski definition) is 5. The van der Waals surface area contributed by atoms with Crippen molar-refractivity contribution in [1.29, 1.82) is 0 Å². The maximum atomic E-state index is 13.3. The summed E-state index contributed by atoms with van der Waals surface area (Å²) in [4.78, 5) is 16.1. The van der Waals surface area contributed by atoms with Gasteiger partial charge < -0.3 is 9.52 Å². The van der Waals surface area contributed by atoms with Gasteiger partial charge in [0.25, 0.3) is 0 Å². The molecule has 28 heavy (non-hydrogen) atoms. The van der Waals surface area contributed by atoms with Crippen molar-refractivity contribution in [3.05, 3.63) is 60.2 Å². The number of aliphatic carboxylic acids is 1. The highest BCUT2D eigenvalue weighted by Gasteiger charge is 2.36. The molecule has 0 fully saturated rings. The normalized spacial score (nSPS) is 12.1. The third-order valence-electron chi connectivity index (χ3n) is 4.36. The highest BCUT2D eigenvalue weighted by molar-refractivity contribution is 7.90. The van der Waals surface area contributed by atoms with Crippen molar-refractivity contribution in [2.45, 2.75) is 24.2 Å². The Morgan fingerprint density at radius 3 is 2.07 bits per heavy atom. The second kappa shape index (κ2) is 6.87. The van der Waals surface area contributed by atoms with E-state index in [1.807, 2.05) is 0 Å². The summed E-state index contributed by atoms with van der Waals surface area (Å²) in [5, 5.41) is 9.48. The molecule has 2 aromatic carbocycles. The number of sulfone groups is 1. The molecular weight excluding hydrogens is 385 g/mol. The van der Waals surface area contributed by atoms with E-state index in [4.69, 9.17) is 4.42 Å². The number of nitrogens with zero attached hydrogens (tertiary/aromatic N) is 1. The molecule has 0 aliphatic rings. The quantitative estimate of drug-likeness (QED) is 0.694. The molecular formula is C20H18FNO5S. The van der Waals surface area contributed by atoms with Crippen molar-refractivity contribution < 1.29 is 27.1 Å². The van der Waals surface area contributed by atoms with E-state index in [0.717, 1.165) is 6.26 Å². The zero-order valence-corrected chi connectivity index (χ0v) is 16.2. The largest absolute Gasteiger partial charge is 0.480 e. The molecule has 0 aliphatic carbocycles. The van der Waals surface area contributed by atoms with E-state index in [9.17, 15) is 22.7 Å². The molecule has 8 heteroatoms. The zero-order chi connectivity index (χ0) is 20.7. The number of halogens is 1. The summed E-state index contributed by atoms with van der Waals surface area (Å²) < 4.78 is 42.5. The summed E-state index contributed by atoms with van der Waals surface area (Å²) in [6.07, 6.45) is 1.11. The molecule has 3 rings (SSSR count). The van der Waals surface area contributed by atoms with Crippen LogP contribution in [0.2, 0.25) is 0 Å². The molecule has 3 aromatic rings. The summed E-state index contributed by atoms with van der Waals surface area (Å²) in [6, 6.07) is 11.5. The average Bonchev–Trinajstić information content (AvgIpc) is 3.07. The van der Waals surface area contributed by atoms with Crippen LogP contribution in [0.3, 0.4) is 0 Å². The topological polar surface area (TPSA) is 97.5 Å². The maximum absolute atomic E-state index is 13.3. The van der Waals surface area contributed by atoms with Crippen molar-refractivity contribution in [2.24, 2.45) is 0 Å². The van der Waals surface area contributed by atoms with Crippen molar-refractivity contribution in [3.63, 3.8) is 0 Å². The van der Waals surface area contributed by atoms with Crippen LogP contribution in [0.15, 0.2) is 57.8 Å². The van der Waals surface area contributed by atoms with Crippen LogP contribution in [0.5, 0.6) is 0 Å². The Kier molecular flexibility index (Phi) is 4.84. The van der Waals surface area contributed by atoms with Crippen molar-refractivity contribution in [2.75, 3.05) is 6.26 Å². The Balaban J connectivity index is 2.19. The minimum atomic E-state index is -3.36. The molecule has 1 heterocycles. The Bertz CT molecular complexity index is 1130. The molecule has 1 aromatic heterocycles. The van der Waals surface area contributed by atoms with Gasteiger partial charge in [0.15, 0.2) is 15.6 Å². The second-order valence-electron chi connectivity index (χ2n) is 6.93. The molecule has 0 amide bonds. The molecule has 0 unspecified atom stereocenters. The van der Waals surface area contributed by atoms with Crippen LogP contribution in [-0.2, 0) is 20.0 Å². The van der Waals surface area contributed by atoms with Gasteiger partial charge in [-0.05, 0) is 62.4 Å². The van der Waals surface area contributed by atoms with Crippen LogP contribution in [0, 0.1) is 5.82 Å². The van der Waals surface area contributed by atoms with Crippen molar-refractivity contribution in [3.8, 4) is 22.6 Å². The van der Waals surface area contributed by atoms with Gasteiger partial charge in [-0.15, -0.1) is 0 Å². The third-order valence-corrected chi connectivity index (χ3v) is 5.49.